The lowest BCUT2D eigenvalue weighted by molar-refractivity contribution is 0.102. The summed E-state index contributed by atoms with van der Waals surface area (Å²) in [5.41, 5.74) is 1.06. The predicted molar refractivity (Wildman–Crippen MR) is 115 cm³/mol. The number of amidine groups is 1. The summed E-state index contributed by atoms with van der Waals surface area (Å²) in [5.74, 6) is -0.0213. The van der Waals surface area contributed by atoms with Gasteiger partial charge in [0.15, 0.2) is 9.84 Å². The van der Waals surface area contributed by atoms with E-state index >= 15 is 0 Å². The Balaban J connectivity index is 1.88. The maximum Gasteiger partial charge on any atom is 0.284 e. The Hall–Kier alpha value is -2.72. The molecule has 1 fully saturated rings. The van der Waals surface area contributed by atoms with Crippen LogP contribution in [0.1, 0.15) is 28.8 Å². The van der Waals surface area contributed by atoms with Crippen molar-refractivity contribution >= 4 is 37.3 Å². The van der Waals surface area contributed by atoms with Crippen molar-refractivity contribution < 1.29 is 21.6 Å². The molecular weight excluding hydrogens is 426 g/mol. The van der Waals surface area contributed by atoms with E-state index in [0.717, 1.165) is 19.2 Å². The van der Waals surface area contributed by atoms with Gasteiger partial charge in [0.1, 0.15) is 5.84 Å². The molecule has 1 amide bonds. The average molecular weight is 450 g/mol. The van der Waals surface area contributed by atoms with E-state index in [9.17, 15) is 21.6 Å². The molecule has 1 aliphatic rings. The summed E-state index contributed by atoms with van der Waals surface area (Å²) in [6, 6.07) is 10.1. The first-order chi connectivity index (χ1) is 14.0. The molecule has 1 aliphatic heterocycles. The molecule has 30 heavy (non-hydrogen) atoms. The van der Waals surface area contributed by atoms with E-state index in [2.05, 4.69) is 9.71 Å². The van der Waals surface area contributed by atoms with Crippen molar-refractivity contribution in [1.29, 1.82) is 0 Å². The van der Waals surface area contributed by atoms with Crippen molar-refractivity contribution in [2.45, 2.75) is 29.6 Å². The number of amides is 1. The summed E-state index contributed by atoms with van der Waals surface area (Å²) in [4.78, 5) is 14.5. The van der Waals surface area contributed by atoms with Gasteiger partial charge in [-0.1, -0.05) is 12.1 Å². The molecule has 0 atom stereocenters. The number of carbonyl (C=O) groups excluding carboxylic acids is 1. The number of nitrogens with one attached hydrogen (secondary N) is 1. The van der Waals surface area contributed by atoms with Crippen molar-refractivity contribution in [3.8, 4) is 0 Å². The van der Waals surface area contributed by atoms with Crippen LogP contribution in [-0.2, 0) is 19.9 Å². The van der Waals surface area contributed by atoms with E-state index < -0.39 is 25.8 Å². The third kappa shape index (κ3) is 4.88. The smallest absolute Gasteiger partial charge is 0.284 e. The molecule has 3 rings (SSSR count). The van der Waals surface area contributed by atoms with E-state index in [1.54, 1.807) is 31.0 Å². The van der Waals surface area contributed by atoms with Crippen LogP contribution in [0.25, 0.3) is 0 Å². The molecule has 160 valence electrons. The fourth-order valence-corrected chi connectivity index (χ4v) is 4.90. The summed E-state index contributed by atoms with van der Waals surface area (Å²) >= 11 is 0. The Bertz CT molecular complexity index is 1230. The van der Waals surface area contributed by atoms with Crippen LogP contribution < -0.4 is 5.32 Å². The molecule has 0 bridgehead atoms. The number of sulfonamides is 1. The van der Waals surface area contributed by atoms with Crippen LogP contribution in [0.3, 0.4) is 0 Å². The molecule has 0 aromatic heterocycles. The van der Waals surface area contributed by atoms with E-state index in [1.807, 2.05) is 0 Å². The van der Waals surface area contributed by atoms with Gasteiger partial charge in [-0.2, -0.15) is 8.42 Å². The molecule has 10 heteroatoms. The lowest BCUT2D eigenvalue weighted by atomic mass is 10.1. The standard InChI is InChI=1S/C20H23N3O5S2/c1-14-9-10-16(29(3,25)26)13-18(14)20(24)21-15-6-4-7-17(12-15)30(27,28)22-19-8-5-11-23(19)2/h4,6-7,9-10,12-13H,5,8,11H2,1-3H3,(H,21,24)/b22-19+. The quantitative estimate of drug-likeness (QED) is 0.750. The van der Waals surface area contributed by atoms with Gasteiger partial charge in [0.25, 0.3) is 15.9 Å². The van der Waals surface area contributed by atoms with E-state index in [-0.39, 0.29) is 21.0 Å². The topological polar surface area (TPSA) is 113 Å². The molecule has 0 aliphatic carbocycles. The molecule has 0 spiro atoms. The van der Waals surface area contributed by atoms with Gasteiger partial charge in [-0.05, 0) is 49.2 Å². The number of nitrogens with zero attached hydrogens (tertiary/aromatic N) is 2. The Labute approximate surface area is 176 Å². The number of hydrogen-bond acceptors (Lipinski definition) is 5. The van der Waals surface area contributed by atoms with Gasteiger partial charge in [-0.15, -0.1) is 4.40 Å². The second kappa shape index (κ2) is 8.19. The first-order valence-electron chi connectivity index (χ1n) is 9.24. The summed E-state index contributed by atoms with van der Waals surface area (Å²) < 4.78 is 52.8. The highest BCUT2D eigenvalue weighted by Crippen LogP contribution is 2.22. The Morgan fingerprint density at radius 2 is 1.80 bits per heavy atom. The first kappa shape index (κ1) is 22.0. The highest BCUT2D eigenvalue weighted by Gasteiger charge is 2.21. The van der Waals surface area contributed by atoms with Crippen molar-refractivity contribution in [1.82, 2.24) is 4.90 Å². The molecule has 8 nitrogen and oxygen atoms in total. The second-order valence-electron chi connectivity index (χ2n) is 7.24. The Morgan fingerprint density at radius 3 is 2.43 bits per heavy atom. The van der Waals surface area contributed by atoms with E-state index in [4.69, 9.17) is 0 Å². The number of hydrogen-bond donors (Lipinski definition) is 1. The van der Waals surface area contributed by atoms with Crippen molar-refractivity contribution in [2.24, 2.45) is 4.40 Å². The van der Waals surface area contributed by atoms with Crippen LogP contribution in [0, 0.1) is 6.92 Å². The van der Waals surface area contributed by atoms with Crippen molar-refractivity contribution in [2.75, 3.05) is 25.2 Å². The largest absolute Gasteiger partial charge is 0.362 e. The van der Waals surface area contributed by atoms with Crippen molar-refractivity contribution in [3.05, 3.63) is 53.6 Å². The highest BCUT2D eigenvalue weighted by molar-refractivity contribution is 7.90. The van der Waals surface area contributed by atoms with Gasteiger partial charge in [-0.3, -0.25) is 4.79 Å². The van der Waals surface area contributed by atoms with Crippen LogP contribution >= 0.6 is 0 Å². The fourth-order valence-electron chi connectivity index (χ4n) is 3.11. The normalized spacial score (nSPS) is 16.1. The Kier molecular flexibility index (Phi) is 6.00. The lowest BCUT2D eigenvalue weighted by Gasteiger charge is -2.12. The molecule has 1 heterocycles. The number of benzene rings is 2. The fraction of sp³-hybridized carbons (Fsp3) is 0.300. The zero-order chi connectivity index (χ0) is 22.1. The van der Waals surface area contributed by atoms with Crippen molar-refractivity contribution in [3.63, 3.8) is 0 Å². The number of rotatable bonds is 5. The number of likely N-dealkylation sites (tertiary alicyclic amines) is 1. The van der Waals surface area contributed by atoms with E-state index in [0.29, 0.717) is 17.8 Å². The van der Waals surface area contributed by atoms with Gasteiger partial charge in [0.05, 0.1) is 9.79 Å². The highest BCUT2D eigenvalue weighted by atomic mass is 32.2. The Morgan fingerprint density at radius 1 is 1.07 bits per heavy atom. The minimum Gasteiger partial charge on any atom is -0.362 e. The van der Waals surface area contributed by atoms with Gasteiger partial charge in [0.2, 0.25) is 0 Å². The third-order valence-electron chi connectivity index (χ3n) is 4.83. The van der Waals surface area contributed by atoms with Crippen LogP contribution in [-0.4, -0.2) is 53.3 Å². The number of anilines is 1. The monoisotopic (exact) mass is 449 g/mol. The molecule has 2 aromatic rings. The molecule has 0 saturated carbocycles. The van der Waals surface area contributed by atoms with Crippen LogP contribution in [0.15, 0.2) is 56.7 Å². The number of sulfone groups is 1. The SMILES string of the molecule is Cc1ccc(S(C)(=O)=O)cc1C(=O)Nc1cccc(S(=O)(=O)/N=C2\CCCN2C)c1. The maximum absolute atomic E-state index is 12.7. The minimum absolute atomic E-state index is 0.0327. The van der Waals surface area contributed by atoms with E-state index in [1.165, 1.54) is 30.3 Å². The number of carbonyl (C=O) groups is 1. The molecular formula is C20H23N3O5S2. The second-order valence-corrected chi connectivity index (χ2v) is 10.9. The third-order valence-corrected chi connectivity index (χ3v) is 7.24. The van der Waals surface area contributed by atoms with Crippen LogP contribution in [0.5, 0.6) is 0 Å². The molecule has 0 unspecified atom stereocenters. The molecule has 2 aromatic carbocycles. The number of aryl methyl sites for hydroxylation is 1. The summed E-state index contributed by atoms with van der Waals surface area (Å²) in [6.45, 7) is 2.45. The molecule has 1 N–H and O–H groups in total. The first-order valence-corrected chi connectivity index (χ1v) is 12.6. The summed E-state index contributed by atoms with van der Waals surface area (Å²) in [5, 5.41) is 2.64. The lowest BCUT2D eigenvalue weighted by Crippen LogP contribution is -2.20. The van der Waals surface area contributed by atoms with Gasteiger partial charge >= 0.3 is 0 Å². The zero-order valence-corrected chi connectivity index (χ0v) is 18.5. The van der Waals surface area contributed by atoms with Gasteiger partial charge in [-0.25, -0.2) is 8.42 Å². The maximum atomic E-state index is 12.7. The summed E-state index contributed by atoms with van der Waals surface area (Å²) in [6.07, 6.45) is 2.52. The average Bonchev–Trinajstić information content (AvgIpc) is 3.05. The zero-order valence-electron chi connectivity index (χ0n) is 16.9. The predicted octanol–water partition coefficient (Wildman–Crippen LogP) is 2.46. The van der Waals surface area contributed by atoms with Crippen LogP contribution in [0.4, 0.5) is 5.69 Å². The molecule has 0 radical (unpaired) electrons. The van der Waals surface area contributed by atoms with Crippen LogP contribution in [0.2, 0.25) is 0 Å². The minimum atomic E-state index is -3.92. The van der Waals surface area contributed by atoms with Gasteiger partial charge < -0.3 is 10.2 Å². The molecule has 1 saturated heterocycles. The van der Waals surface area contributed by atoms with Gasteiger partial charge in [0, 0.05) is 37.5 Å². The summed E-state index contributed by atoms with van der Waals surface area (Å²) in [7, 11) is -5.59.